The number of hydrogen-bond acceptors (Lipinski definition) is 4. The van der Waals surface area contributed by atoms with Gasteiger partial charge in [0.15, 0.2) is 0 Å². The number of benzene rings is 3. The number of allylic oxidation sites excluding steroid dienone is 2. The topological polar surface area (TPSA) is 70.5 Å². The van der Waals surface area contributed by atoms with Crippen LogP contribution in [-0.4, -0.2) is 0 Å². The van der Waals surface area contributed by atoms with Gasteiger partial charge < -0.3 is 20.9 Å². The zero-order valence-electron chi connectivity index (χ0n) is 32.1. The van der Waals surface area contributed by atoms with Crippen molar-refractivity contribution in [2.24, 2.45) is 47.3 Å². The Morgan fingerprint density at radius 2 is 1.06 bits per heavy atom. The van der Waals surface area contributed by atoms with Crippen LogP contribution in [0.5, 0.6) is 23.0 Å². The van der Waals surface area contributed by atoms with E-state index < -0.39 is 0 Å². The summed E-state index contributed by atoms with van der Waals surface area (Å²) in [5.41, 5.74) is 14.6. The van der Waals surface area contributed by atoms with Gasteiger partial charge in [-0.05, 0) is 185 Å². The second-order valence-corrected chi connectivity index (χ2v) is 17.0. The van der Waals surface area contributed by atoms with E-state index in [2.05, 4.69) is 52.0 Å². The highest BCUT2D eigenvalue weighted by atomic mass is 16.5. The minimum Gasteiger partial charge on any atom is -0.457 e. The Balaban J connectivity index is 1.04. The first-order valence-electron chi connectivity index (χ1n) is 20.6. The van der Waals surface area contributed by atoms with E-state index >= 15 is 0 Å². The van der Waals surface area contributed by atoms with Gasteiger partial charge in [0, 0.05) is 16.9 Å². The van der Waals surface area contributed by atoms with Gasteiger partial charge in [-0.3, -0.25) is 0 Å². The molecule has 0 bridgehead atoms. The predicted octanol–water partition coefficient (Wildman–Crippen LogP) is 13.6. The van der Waals surface area contributed by atoms with E-state index in [4.69, 9.17) is 20.9 Å². The first kappa shape index (κ1) is 37.4. The average Bonchev–Trinajstić information content (AvgIpc) is 3.15. The maximum Gasteiger partial charge on any atom is 0.134 e. The Labute approximate surface area is 309 Å². The summed E-state index contributed by atoms with van der Waals surface area (Å²) >= 11 is 0. The highest BCUT2D eigenvalue weighted by Crippen LogP contribution is 2.48. The van der Waals surface area contributed by atoms with E-state index in [1.807, 2.05) is 54.6 Å². The minimum absolute atomic E-state index is 0.273. The monoisotopic (exact) mass is 691 g/mol. The molecule has 0 radical (unpaired) electrons. The molecule has 2 atom stereocenters. The van der Waals surface area contributed by atoms with Gasteiger partial charge in [0.25, 0.3) is 0 Å². The van der Waals surface area contributed by atoms with E-state index in [0.717, 1.165) is 87.8 Å². The standard InChI is InChI=1S/C47H66N2O2/c1-5-37(31-36-15-21-40(22-16-36)39-19-13-35(14-20-39)10-9-34-11-17-38(18-12-34)32(2)3)33(4)47-45(50-43-27-23-41(48)24-28-43)7-6-8-46(47)51-44-29-25-42(49)26-30-44/h6-10,23-30,32-40H,5,11-22,31,48-49H2,1-4H3/b10-9+. The quantitative estimate of drug-likeness (QED) is 0.138. The zero-order valence-corrected chi connectivity index (χ0v) is 32.1. The summed E-state index contributed by atoms with van der Waals surface area (Å²) in [5, 5.41) is 0. The molecule has 3 saturated carbocycles. The summed E-state index contributed by atoms with van der Waals surface area (Å²) in [6.07, 6.45) is 24.7. The molecule has 3 aliphatic carbocycles. The van der Waals surface area contributed by atoms with Crippen molar-refractivity contribution >= 4 is 11.4 Å². The number of nitrogens with two attached hydrogens (primary N) is 2. The summed E-state index contributed by atoms with van der Waals surface area (Å²) in [6.45, 7) is 9.56. The van der Waals surface area contributed by atoms with Crippen molar-refractivity contribution in [2.75, 3.05) is 11.5 Å². The van der Waals surface area contributed by atoms with Gasteiger partial charge in [-0.25, -0.2) is 0 Å². The lowest BCUT2D eigenvalue weighted by atomic mass is 9.67. The molecule has 3 aromatic carbocycles. The van der Waals surface area contributed by atoms with Crippen molar-refractivity contribution in [3.63, 3.8) is 0 Å². The van der Waals surface area contributed by atoms with E-state index in [0.29, 0.717) is 5.92 Å². The molecule has 3 aromatic rings. The van der Waals surface area contributed by atoms with Gasteiger partial charge in [0.05, 0.1) is 0 Å². The molecule has 51 heavy (non-hydrogen) atoms. The van der Waals surface area contributed by atoms with Crippen LogP contribution in [-0.2, 0) is 0 Å². The molecule has 0 aliphatic heterocycles. The third kappa shape index (κ3) is 10.1. The first-order chi connectivity index (χ1) is 24.7. The minimum atomic E-state index is 0.273. The number of anilines is 2. The summed E-state index contributed by atoms with van der Waals surface area (Å²) in [5.74, 6) is 10.2. The molecule has 4 heteroatoms. The first-order valence-corrected chi connectivity index (χ1v) is 20.6. The molecule has 0 aromatic heterocycles. The normalized spacial score (nSPS) is 26.9. The smallest absolute Gasteiger partial charge is 0.134 e. The van der Waals surface area contributed by atoms with Crippen LogP contribution in [0.4, 0.5) is 11.4 Å². The Morgan fingerprint density at radius 3 is 1.51 bits per heavy atom. The van der Waals surface area contributed by atoms with Crippen molar-refractivity contribution in [3.8, 4) is 23.0 Å². The summed E-state index contributed by atoms with van der Waals surface area (Å²) < 4.78 is 13.1. The predicted molar refractivity (Wildman–Crippen MR) is 215 cm³/mol. The Morgan fingerprint density at radius 1 is 0.608 bits per heavy atom. The number of rotatable bonds is 13. The van der Waals surface area contributed by atoms with Crippen LogP contribution in [0.3, 0.4) is 0 Å². The van der Waals surface area contributed by atoms with Crippen molar-refractivity contribution in [3.05, 3.63) is 84.4 Å². The van der Waals surface area contributed by atoms with Crippen LogP contribution in [0.15, 0.2) is 78.9 Å². The molecule has 276 valence electrons. The molecule has 3 fully saturated rings. The van der Waals surface area contributed by atoms with E-state index in [-0.39, 0.29) is 5.92 Å². The van der Waals surface area contributed by atoms with E-state index in [1.165, 1.54) is 83.5 Å². The average molecular weight is 691 g/mol. The van der Waals surface area contributed by atoms with Crippen molar-refractivity contribution < 1.29 is 9.47 Å². The van der Waals surface area contributed by atoms with Crippen LogP contribution in [0.25, 0.3) is 0 Å². The van der Waals surface area contributed by atoms with Crippen LogP contribution >= 0.6 is 0 Å². The molecule has 2 unspecified atom stereocenters. The van der Waals surface area contributed by atoms with Gasteiger partial charge in [-0.1, -0.05) is 65.2 Å². The van der Waals surface area contributed by atoms with Crippen molar-refractivity contribution in [2.45, 2.75) is 124 Å². The second kappa shape index (κ2) is 17.9. The molecule has 3 aliphatic rings. The Kier molecular flexibility index (Phi) is 13.1. The fourth-order valence-corrected chi connectivity index (χ4v) is 9.89. The molecular weight excluding hydrogens is 625 g/mol. The highest BCUT2D eigenvalue weighted by Gasteiger charge is 2.33. The summed E-state index contributed by atoms with van der Waals surface area (Å²) in [4.78, 5) is 0. The van der Waals surface area contributed by atoms with Crippen molar-refractivity contribution in [1.82, 2.24) is 0 Å². The summed E-state index contributed by atoms with van der Waals surface area (Å²) in [6, 6.07) is 21.5. The second-order valence-electron chi connectivity index (χ2n) is 17.0. The molecule has 0 amide bonds. The Bertz CT molecular complexity index is 1440. The molecule has 6 rings (SSSR count). The van der Waals surface area contributed by atoms with Crippen LogP contribution in [0.2, 0.25) is 0 Å². The van der Waals surface area contributed by atoms with Crippen LogP contribution < -0.4 is 20.9 Å². The highest BCUT2D eigenvalue weighted by molar-refractivity contribution is 5.52. The lowest BCUT2D eigenvalue weighted by Crippen LogP contribution is -2.26. The molecular formula is C47H66N2O2. The Hall–Kier alpha value is -3.40. The van der Waals surface area contributed by atoms with Gasteiger partial charge in [0.2, 0.25) is 0 Å². The molecule has 0 spiro atoms. The number of ether oxygens (including phenoxy) is 2. The van der Waals surface area contributed by atoms with Gasteiger partial charge >= 0.3 is 0 Å². The van der Waals surface area contributed by atoms with E-state index in [9.17, 15) is 0 Å². The number of hydrogen-bond donors (Lipinski definition) is 2. The fraction of sp³-hybridized carbons (Fsp3) is 0.574. The van der Waals surface area contributed by atoms with Gasteiger partial charge in [-0.2, -0.15) is 0 Å². The van der Waals surface area contributed by atoms with Crippen molar-refractivity contribution in [1.29, 1.82) is 0 Å². The van der Waals surface area contributed by atoms with Crippen LogP contribution in [0, 0.1) is 47.3 Å². The molecule has 4 N–H and O–H groups in total. The van der Waals surface area contributed by atoms with E-state index in [1.54, 1.807) is 0 Å². The zero-order chi connectivity index (χ0) is 35.7. The largest absolute Gasteiger partial charge is 0.457 e. The third-order valence-electron chi connectivity index (χ3n) is 13.4. The fourth-order valence-electron chi connectivity index (χ4n) is 9.89. The third-order valence-corrected chi connectivity index (χ3v) is 13.4. The maximum atomic E-state index is 6.55. The van der Waals surface area contributed by atoms with Gasteiger partial charge in [-0.15, -0.1) is 0 Å². The molecule has 0 saturated heterocycles. The maximum absolute atomic E-state index is 6.55. The SMILES string of the molecule is CCC(CC1CCC(C2CCC(/C=C/C3CCC(C(C)C)CC3)CC2)CC1)C(C)c1c(Oc2ccc(N)cc2)cccc1Oc1ccc(N)cc1. The lowest BCUT2D eigenvalue weighted by molar-refractivity contribution is 0.142. The number of nitrogen functional groups attached to an aromatic ring is 2. The van der Waals surface area contributed by atoms with Gasteiger partial charge in [0.1, 0.15) is 23.0 Å². The van der Waals surface area contributed by atoms with Crippen LogP contribution in [0.1, 0.15) is 129 Å². The lowest BCUT2D eigenvalue weighted by Gasteiger charge is -2.39. The molecule has 4 nitrogen and oxygen atoms in total. The summed E-state index contributed by atoms with van der Waals surface area (Å²) in [7, 11) is 0. The molecule has 0 heterocycles.